The molecule has 0 aromatic heterocycles. The Labute approximate surface area is 107 Å². The predicted octanol–water partition coefficient (Wildman–Crippen LogP) is 2.67. The zero-order valence-electron chi connectivity index (χ0n) is 10.8. The number of nitrogens with zero attached hydrogens (tertiary/aromatic N) is 1. The van der Waals surface area contributed by atoms with Gasteiger partial charge in [-0.2, -0.15) is 0 Å². The smallest absolute Gasteiger partial charge is 0.254 e. The molecule has 1 heterocycles. The molecule has 1 saturated heterocycles. The van der Waals surface area contributed by atoms with Gasteiger partial charge in [-0.3, -0.25) is 4.79 Å². The summed E-state index contributed by atoms with van der Waals surface area (Å²) in [6.07, 6.45) is 2.14. The fraction of sp³-hybridized carbons (Fsp3) is 0.500. The molecule has 0 aliphatic carbocycles. The molecule has 2 N–H and O–H groups in total. The van der Waals surface area contributed by atoms with Crippen LogP contribution >= 0.6 is 0 Å². The Kier molecular flexibility index (Phi) is 3.55. The zero-order chi connectivity index (χ0) is 13.3. The van der Waals surface area contributed by atoms with Gasteiger partial charge >= 0.3 is 0 Å². The third kappa shape index (κ3) is 2.47. The molecule has 1 fully saturated rings. The van der Waals surface area contributed by atoms with Gasteiger partial charge in [0.05, 0.1) is 5.69 Å². The van der Waals surface area contributed by atoms with Crippen molar-refractivity contribution in [2.24, 2.45) is 5.92 Å². The largest absolute Gasteiger partial charge is 0.396 e. The minimum atomic E-state index is -0.529. The highest BCUT2D eigenvalue weighted by Crippen LogP contribution is 2.24. The number of carbonyl (C=O) groups excluding carboxylic acids is 1. The number of nitrogen functional groups attached to an aromatic ring is 1. The number of likely N-dealkylation sites (tertiary alicyclic amines) is 1. The van der Waals surface area contributed by atoms with Crippen LogP contribution in [0, 0.1) is 11.7 Å². The maximum Gasteiger partial charge on any atom is 0.254 e. The summed E-state index contributed by atoms with van der Waals surface area (Å²) in [5, 5.41) is 0. The number of amides is 1. The van der Waals surface area contributed by atoms with Crippen molar-refractivity contribution >= 4 is 11.6 Å². The van der Waals surface area contributed by atoms with E-state index in [1.54, 1.807) is 6.07 Å². The number of hydrogen-bond acceptors (Lipinski definition) is 2. The van der Waals surface area contributed by atoms with Crippen LogP contribution < -0.4 is 5.73 Å². The van der Waals surface area contributed by atoms with Crippen LogP contribution in [0.3, 0.4) is 0 Å². The summed E-state index contributed by atoms with van der Waals surface area (Å²) in [5.74, 6) is -0.129. The van der Waals surface area contributed by atoms with Gasteiger partial charge in [0.25, 0.3) is 5.91 Å². The van der Waals surface area contributed by atoms with Crippen molar-refractivity contribution in [3.8, 4) is 0 Å². The molecule has 4 heteroatoms. The molecule has 98 valence electrons. The van der Waals surface area contributed by atoms with Crippen LogP contribution in [0.5, 0.6) is 0 Å². The SMILES string of the molecule is CC1CCC(C)N(C(=O)c2ccc(N)c(F)c2)C1. The van der Waals surface area contributed by atoms with Crippen LogP contribution in [0.1, 0.15) is 37.0 Å². The first kappa shape index (κ1) is 12.9. The van der Waals surface area contributed by atoms with E-state index in [-0.39, 0.29) is 17.6 Å². The van der Waals surface area contributed by atoms with Crippen LogP contribution in [-0.4, -0.2) is 23.4 Å². The van der Waals surface area contributed by atoms with E-state index in [4.69, 9.17) is 5.73 Å². The van der Waals surface area contributed by atoms with Gasteiger partial charge in [-0.25, -0.2) is 4.39 Å². The first-order valence-electron chi connectivity index (χ1n) is 6.35. The van der Waals surface area contributed by atoms with E-state index >= 15 is 0 Å². The highest BCUT2D eigenvalue weighted by Gasteiger charge is 2.27. The normalized spacial score (nSPS) is 24.1. The van der Waals surface area contributed by atoms with Crippen LogP contribution in [0.15, 0.2) is 18.2 Å². The maximum absolute atomic E-state index is 13.4. The molecule has 0 spiro atoms. The summed E-state index contributed by atoms with van der Waals surface area (Å²) in [5.41, 5.74) is 5.87. The summed E-state index contributed by atoms with van der Waals surface area (Å²) >= 11 is 0. The van der Waals surface area contributed by atoms with Gasteiger partial charge in [0.1, 0.15) is 5.82 Å². The van der Waals surface area contributed by atoms with Gasteiger partial charge in [0.2, 0.25) is 0 Å². The first-order valence-corrected chi connectivity index (χ1v) is 6.35. The molecule has 2 atom stereocenters. The minimum Gasteiger partial charge on any atom is -0.396 e. The summed E-state index contributed by atoms with van der Waals surface area (Å²) in [6.45, 7) is 4.92. The Bertz CT molecular complexity index is 461. The van der Waals surface area contributed by atoms with Crippen LogP contribution in [0.4, 0.5) is 10.1 Å². The molecule has 1 amide bonds. The van der Waals surface area contributed by atoms with Crippen molar-refractivity contribution in [2.75, 3.05) is 12.3 Å². The predicted molar refractivity (Wildman–Crippen MR) is 69.7 cm³/mol. The van der Waals surface area contributed by atoms with Crippen LogP contribution in [0.2, 0.25) is 0 Å². The molecule has 1 aliphatic rings. The van der Waals surface area contributed by atoms with E-state index < -0.39 is 5.82 Å². The Morgan fingerprint density at radius 1 is 1.39 bits per heavy atom. The molecule has 0 radical (unpaired) electrons. The molecule has 1 aromatic carbocycles. The van der Waals surface area contributed by atoms with Gasteiger partial charge < -0.3 is 10.6 Å². The highest BCUT2D eigenvalue weighted by molar-refractivity contribution is 5.94. The van der Waals surface area contributed by atoms with Crippen LogP contribution in [0.25, 0.3) is 0 Å². The average molecular weight is 250 g/mol. The van der Waals surface area contributed by atoms with E-state index in [1.807, 2.05) is 11.8 Å². The number of benzene rings is 1. The number of carbonyl (C=O) groups is 1. The second-order valence-electron chi connectivity index (χ2n) is 5.23. The number of rotatable bonds is 1. The maximum atomic E-state index is 13.4. The summed E-state index contributed by atoms with van der Waals surface area (Å²) in [7, 11) is 0. The van der Waals surface area contributed by atoms with Crippen LogP contribution in [-0.2, 0) is 0 Å². The highest BCUT2D eigenvalue weighted by atomic mass is 19.1. The second-order valence-corrected chi connectivity index (χ2v) is 5.23. The molecule has 2 rings (SSSR count). The number of anilines is 1. The number of hydrogen-bond donors (Lipinski definition) is 1. The molecule has 0 saturated carbocycles. The molecule has 1 aliphatic heterocycles. The van der Waals surface area contributed by atoms with Gasteiger partial charge in [-0.1, -0.05) is 6.92 Å². The van der Waals surface area contributed by atoms with Gasteiger partial charge in [0, 0.05) is 18.2 Å². The third-order valence-electron chi connectivity index (χ3n) is 3.63. The molecule has 18 heavy (non-hydrogen) atoms. The van der Waals surface area contributed by atoms with Gasteiger partial charge in [-0.15, -0.1) is 0 Å². The monoisotopic (exact) mass is 250 g/mol. The van der Waals surface area contributed by atoms with E-state index in [9.17, 15) is 9.18 Å². The first-order chi connectivity index (χ1) is 8.49. The van der Waals surface area contributed by atoms with E-state index in [0.717, 1.165) is 19.4 Å². The van der Waals surface area contributed by atoms with E-state index in [0.29, 0.717) is 11.5 Å². The van der Waals surface area contributed by atoms with Gasteiger partial charge in [-0.05, 0) is 43.9 Å². The lowest BCUT2D eigenvalue weighted by Gasteiger charge is -2.36. The third-order valence-corrected chi connectivity index (χ3v) is 3.63. The Balaban J connectivity index is 2.21. The number of halogens is 1. The zero-order valence-corrected chi connectivity index (χ0v) is 10.8. The van der Waals surface area contributed by atoms with E-state index in [2.05, 4.69) is 6.92 Å². The molecular formula is C14H19FN2O. The lowest BCUT2D eigenvalue weighted by atomic mass is 9.94. The topological polar surface area (TPSA) is 46.3 Å². The quantitative estimate of drug-likeness (QED) is 0.779. The number of nitrogens with two attached hydrogens (primary N) is 1. The van der Waals surface area contributed by atoms with Crippen molar-refractivity contribution in [3.05, 3.63) is 29.6 Å². The summed E-state index contributed by atoms with van der Waals surface area (Å²) in [4.78, 5) is 14.2. The summed E-state index contributed by atoms with van der Waals surface area (Å²) < 4.78 is 13.4. The number of piperidine rings is 1. The van der Waals surface area contributed by atoms with Crippen molar-refractivity contribution in [1.29, 1.82) is 0 Å². The standard InChI is InChI=1S/C14H19FN2O/c1-9-3-4-10(2)17(8-9)14(18)11-5-6-13(16)12(15)7-11/h5-7,9-10H,3-4,8,16H2,1-2H3. The Hall–Kier alpha value is -1.58. The minimum absolute atomic E-state index is 0.0756. The van der Waals surface area contributed by atoms with Crippen molar-refractivity contribution in [1.82, 2.24) is 4.90 Å². The molecule has 1 aromatic rings. The van der Waals surface area contributed by atoms with Crippen molar-refractivity contribution in [2.45, 2.75) is 32.7 Å². The Morgan fingerprint density at radius 3 is 2.78 bits per heavy atom. The van der Waals surface area contributed by atoms with Crippen molar-refractivity contribution < 1.29 is 9.18 Å². The van der Waals surface area contributed by atoms with Crippen molar-refractivity contribution in [3.63, 3.8) is 0 Å². The second kappa shape index (κ2) is 4.96. The summed E-state index contributed by atoms with van der Waals surface area (Å²) in [6, 6.07) is 4.48. The Morgan fingerprint density at radius 2 is 2.11 bits per heavy atom. The molecule has 3 nitrogen and oxygen atoms in total. The fourth-order valence-corrected chi connectivity index (χ4v) is 2.40. The molecular weight excluding hydrogens is 231 g/mol. The fourth-order valence-electron chi connectivity index (χ4n) is 2.40. The van der Waals surface area contributed by atoms with E-state index in [1.165, 1.54) is 12.1 Å². The molecule has 2 unspecified atom stereocenters. The molecule has 0 bridgehead atoms. The van der Waals surface area contributed by atoms with Gasteiger partial charge in [0.15, 0.2) is 0 Å². The average Bonchev–Trinajstić information content (AvgIpc) is 2.35. The lowest BCUT2D eigenvalue weighted by Crippen LogP contribution is -2.44. The lowest BCUT2D eigenvalue weighted by molar-refractivity contribution is 0.0573.